The van der Waals surface area contributed by atoms with Crippen LogP contribution in [0.2, 0.25) is 0 Å². The number of fused-ring (bicyclic) bond motifs is 1. The van der Waals surface area contributed by atoms with Crippen LogP contribution in [-0.4, -0.2) is 40.5 Å². The molecule has 2 aromatic rings. The van der Waals surface area contributed by atoms with Gasteiger partial charge in [0, 0.05) is 19.7 Å². The van der Waals surface area contributed by atoms with Crippen LogP contribution in [-0.2, 0) is 16.1 Å². The number of carbonyl (C=O) groups excluding carboxylic acids is 1. The van der Waals surface area contributed by atoms with Gasteiger partial charge in [-0.2, -0.15) is 0 Å². The first-order valence-corrected chi connectivity index (χ1v) is 11.9. The highest BCUT2D eigenvalue weighted by Gasteiger charge is 2.17. The molecule has 6 nitrogen and oxygen atoms in total. The standard InChI is InChI=1S/C23H29N3O3S/c27-21(24-15-18-9-6-14-29-18)16-30-23-25-20-11-5-4-10-19(20)22(28)26(23)13-12-17-7-2-1-3-8-17/h4-5,7,10-11,18H,1-3,6,8-9,12-16H2,(H,24,27)/t18-/m1/s1. The lowest BCUT2D eigenvalue weighted by molar-refractivity contribution is -0.119. The molecule has 1 N–H and O–H groups in total. The molecule has 1 atom stereocenters. The molecule has 0 unspecified atom stereocenters. The highest BCUT2D eigenvalue weighted by molar-refractivity contribution is 7.99. The summed E-state index contributed by atoms with van der Waals surface area (Å²) >= 11 is 1.33. The van der Waals surface area contributed by atoms with E-state index in [9.17, 15) is 9.59 Å². The molecule has 1 saturated heterocycles. The molecule has 0 spiro atoms. The second-order valence-corrected chi connectivity index (χ2v) is 8.90. The van der Waals surface area contributed by atoms with Crippen molar-refractivity contribution in [1.82, 2.24) is 14.9 Å². The van der Waals surface area contributed by atoms with Crippen LogP contribution in [0.4, 0.5) is 0 Å². The monoisotopic (exact) mass is 427 g/mol. The van der Waals surface area contributed by atoms with Crippen molar-refractivity contribution >= 4 is 28.6 Å². The summed E-state index contributed by atoms with van der Waals surface area (Å²) in [6, 6.07) is 7.43. The van der Waals surface area contributed by atoms with E-state index in [2.05, 4.69) is 11.4 Å². The Morgan fingerprint density at radius 1 is 1.27 bits per heavy atom. The zero-order valence-electron chi connectivity index (χ0n) is 17.3. The van der Waals surface area contributed by atoms with Gasteiger partial charge in [-0.05, 0) is 57.1 Å². The molecule has 0 bridgehead atoms. The normalized spacial score (nSPS) is 19.1. The first-order valence-electron chi connectivity index (χ1n) is 10.9. The van der Waals surface area contributed by atoms with E-state index < -0.39 is 0 Å². The first kappa shape index (κ1) is 21.1. The molecule has 1 aromatic carbocycles. The number of amides is 1. The zero-order chi connectivity index (χ0) is 20.8. The predicted molar refractivity (Wildman–Crippen MR) is 120 cm³/mol. The van der Waals surface area contributed by atoms with Gasteiger partial charge in [0.2, 0.25) is 5.91 Å². The molecular formula is C23H29N3O3S. The zero-order valence-corrected chi connectivity index (χ0v) is 18.1. The number of para-hydroxylation sites is 1. The van der Waals surface area contributed by atoms with E-state index in [1.807, 2.05) is 24.3 Å². The summed E-state index contributed by atoms with van der Waals surface area (Å²) < 4.78 is 7.30. The van der Waals surface area contributed by atoms with Gasteiger partial charge in [0.25, 0.3) is 5.56 Å². The van der Waals surface area contributed by atoms with Crippen LogP contribution in [0, 0.1) is 0 Å². The van der Waals surface area contributed by atoms with Gasteiger partial charge in [0.05, 0.1) is 22.8 Å². The van der Waals surface area contributed by atoms with E-state index in [0.29, 0.717) is 29.1 Å². The van der Waals surface area contributed by atoms with Gasteiger partial charge in [0.1, 0.15) is 0 Å². The lowest BCUT2D eigenvalue weighted by Gasteiger charge is -2.16. The average Bonchev–Trinajstić information content (AvgIpc) is 3.30. The third kappa shape index (κ3) is 5.32. The lowest BCUT2D eigenvalue weighted by Crippen LogP contribution is -2.33. The maximum Gasteiger partial charge on any atom is 0.262 e. The van der Waals surface area contributed by atoms with E-state index in [-0.39, 0.29) is 23.3 Å². The fourth-order valence-electron chi connectivity index (χ4n) is 4.06. The Labute approximate surface area is 181 Å². The van der Waals surface area contributed by atoms with Crippen molar-refractivity contribution in [3.63, 3.8) is 0 Å². The van der Waals surface area contributed by atoms with Gasteiger partial charge in [-0.1, -0.05) is 35.5 Å². The number of hydrogen-bond acceptors (Lipinski definition) is 5. The molecular weight excluding hydrogens is 398 g/mol. The molecule has 2 aliphatic rings. The van der Waals surface area contributed by atoms with E-state index in [1.54, 1.807) is 4.57 Å². The fourth-order valence-corrected chi connectivity index (χ4v) is 4.91. The van der Waals surface area contributed by atoms with Crippen LogP contribution in [0.3, 0.4) is 0 Å². The summed E-state index contributed by atoms with van der Waals surface area (Å²) in [4.78, 5) is 30.2. The van der Waals surface area contributed by atoms with Crippen molar-refractivity contribution in [2.75, 3.05) is 18.9 Å². The van der Waals surface area contributed by atoms with Crippen LogP contribution >= 0.6 is 11.8 Å². The van der Waals surface area contributed by atoms with E-state index in [4.69, 9.17) is 9.72 Å². The molecule has 1 aliphatic heterocycles. The van der Waals surface area contributed by atoms with Gasteiger partial charge >= 0.3 is 0 Å². The minimum absolute atomic E-state index is 0.0285. The van der Waals surface area contributed by atoms with Crippen molar-refractivity contribution in [3.8, 4) is 0 Å². The topological polar surface area (TPSA) is 73.2 Å². The van der Waals surface area contributed by atoms with Crippen LogP contribution < -0.4 is 10.9 Å². The summed E-state index contributed by atoms with van der Waals surface area (Å²) in [6.45, 7) is 1.92. The number of rotatable bonds is 8. The quantitative estimate of drug-likeness (QED) is 0.395. The summed E-state index contributed by atoms with van der Waals surface area (Å²) in [6.07, 6.45) is 10.1. The van der Waals surface area contributed by atoms with Crippen molar-refractivity contribution < 1.29 is 9.53 Å². The van der Waals surface area contributed by atoms with Crippen LogP contribution in [0.15, 0.2) is 45.9 Å². The third-order valence-electron chi connectivity index (χ3n) is 5.75. The Bertz CT molecular complexity index is 979. The van der Waals surface area contributed by atoms with Gasteiger partial charge in [0.15, 0.2) is 5.16 Å². The molecule has 0 saturated carbocycles. The molecule has 4 rings (SSSR count). The van der Waals surface area contributed by atoms with Gasteiger partial charge in [-0.25, -0.2) is 4.98 Å². The minimum Gasteiger partial charge on any atom is -0.376 e. The third-order valence-corrected chi connectivity index (χ3v) is 6.73. The highest BCUT2D eigenvalue weighted by Crippen LogP contribution is 2.23. The number of allylic oxidation sites excluding steroid dienone is 2. The van der Waals surface area contributed by atoms with E-state index >= 15 is 0 Å². The summed E-state index contributed by atoms with van der Waals surface area (Å²) in [7, 11) is 0. The van der Waals surface area contributed by atoms with Gasteiger partial charge < -0.3 is 10.1 Å². The fraction of sp³-hybridized carbons (Fsp3) is 0.522. The van der Waals surface area contributed by atoms with Crippen molar-refractivity contribution in [2.45, 2.75) is 62.8 Å². The van der Waals surface area contributed by atoms with Crippen LogP contribution in [0.25, 0.3) is 10.9 Å². The average molecular weight is 428 g/mol. The number of ether oxygens (including phenoxy) is 1. The number of nitrogens with one attached hydrogen (secondary N) is 1. The van der Waals surface area contributed by atoms with Crippen LogP contribution in [0.1, 0.15) is 44.9 Å². The second-order valence-electron chi connectivity index (χ2n) is 7.95. The largest absolute Gasteiger partial charge is 0.376 e. The number of aromatic nitrogens is 2. The SMILES string of the molecule is O=C(CSc1nc2ccccc2c(=O)n1CCC1=CCCCC1)NC[C@H]1CCCO1. The van der Waals surface area contributed by atoms with Crippen molar-refractivity contribution in [2.24, 2.45) is 0 Å². The molecule has 160 valence electrons. The summed E-state index contributed by atoms with van der Waals surface area (Å²) in [5.74, 6) is 0.180. The summed E-state index contributed by atoms with van der Waals surface area (Å²) in [5, 5.41) is 4.18. The lowest BCUT2D eigenvalue weighted by atomic mass is 9.97. The molecule has 7 heteroatoms. The Balaban J connectivity index is 1.47. The first-order chi connectivity index (χ1) is 14.7. The highest BCUT2D eigenvalue weighted by atomic mass is 32.2. The second kappa shape index (κ2) is 10.3. The smallest absolute Gasteiger partial charge is 0.262 e. The maximum atomic E-state index is 13.1. The van der Waals surface area contributed by atoms with Crippen molar-refractivity contribution in [3.05, 3.63) is 46.3 Å². The molecule has 1 aromatic heterocycles. The minimum atomic E-state index is -0.0561. The number of carbonyl (C=O) groups is 1. The van der Waals surface area contributed by atoms with Gasteiger partial charge in [-0.3, -0.25) is 14.2 Å². The number of nitrogens with zero attached hydrogens (tertiary/aromatic N) is 2. The molecule has 30 heavy (non-hydrogen) atoms. The number of benzene rings is 1. The molecule has 1 amide bonds. The Kier molecular flexibility index (Phi) is 7.23. The van der Waals surface area contributed by atoms with Gasteiger partial charge in [-0.15, -0.1) is 0 Å². The summed E-state index contributed by atoms with van der Waals surface area (Å²) in [5.41, 5.74) is 2.07. The van der Waals surface area contributed by atoms with Crippen LogP contribution in [0.5, 0.6) is 0 Å². The number of thioether (sulfide) groups is 1. The van der Waals surface area contributed by atoms with E-state index in [1.165, 1.54) is 30.2 Å². The molecule has 1 fully saturated rings. The predicted octanol–water partition coefficient (Wildman–Crippen LogP) is 3.67. The van der Waals surface area contributed by atoms with Crippen molar-refractivity contribution in [1.29, 1.82) is 0 Å². The molecule has 2 heterocycles. The van der Waals surface area contributed by atoms with E-state index in [0.717, 1.165) is 38.7 Å². The number of hydrogen-bond donors (Lipinski definition) is 1. The molecule has 1 aliphatic carbocycles. The molecule has 0 radical (unpaired) electrons. The Morgan fingerprint density at radius 3 is 2.97 bits per heavy atom. The maximum absolute atomic E-state index is 13.1. The Morgan fingerprint density at radius 2 is 2.17 bits per heavy atom. The Hall–Kier alpha value is -2.12.